The number of hydrogen-bond acceptors (Lipinski definition) is 5. The number of fused-ring (bicyclic) bond motifs is 1. The largest absolute Gasteiger partial charge is 0.504 e. The number of para-hydroxylation sites is 2. The molecular formula is C16H13N3O3. The molecule has 110 valence electrons. The summed E-state index contributed by atoms with van der Waals surface area (Å²) in [7, 11) is 0. The van der Waals surface area contributed by atoms with E-state index in [0.29, 0.717) is 22.3 Å². The van der Waals surface area contributed by atoms with Gasteiger partial charge in [0.05, 0.1) is 17.1 Å². The minimum absolute atomic E-state index is 0.246. The number of phenols is 2. The molecule has 0 saturated heterocycles. The van der Waals surface area contributed by atoms with E-state index in [-0.39, 0.29) is 17.1 Å². The molecule has 6 heteroatoms. The Labute approximate surface area is 125 Å². The van der Waals surface area contributed by atoms with Gasteiger partial charge in [-0.3, -0.25) is 4.79 Å². The second kappa shape index (κ2) is 5.33. The van der Waals surface area contributed by atoms with E-state index in [0.717, 1.165) is 4.68 Å². The highest BCUT2D eigenvalue weighted by atomic mass is 16.3. The molecule has 0 unspecified atom stereocenters. The van der Waals surface area contributed by atoms with Crippen LogP contribution in [0.4, 0.5) is 0 Å². The fourth-order valence-corrected chi connectivity index (χ4v) is 2.14. The van der Waals surface area contributed by atoms with Gasteiger partial charge in [0.15, 0.2) is 11.5 Å². The second-order valence-electron chi connectivity index (χ2n) is 4.75. The van der Waals surface area contributed by atoms with Crippen LogP contribution in [-0.4, -0.2) is 26.1 Å². The molecule has 2 aromatic carbocycles. The van der Waals surface area contributed by atoms with Crippen LogP contribution in [0.25, 0.3) is 10.9 Å². The fraction of sp³-hybridized carbons (Fsp3) is 0.0625. The smallest absolute Gasteiger partial charge is 0.282 e. The predicted molar refractivity (Wildman–Crippen MR) is 83.5 cm³/mol. The molecule has 0 amide bonds. The minimum Gasteiger partial charge on any atom is -0.504 e. The molecule has 22 heavy (non-hydrogen) atoms. The number of benzene rings is 2. The summed E-state index contributed by atoms with van der Waals surface area (Å²) < 4.78 is 1.16. The fourth-order valence-electron chi connectivity index (χ4n) is 2.14. The highest BCUT2D eigenvalue weighted by Gasteiger charge is 2.07. The Hall–Kier alpha value is -3.15. The molecule has 0 saturated carbocycles. The van der Waals surface area contributed by atoms with Crippen molar-refractivity contribution in [3.8, 4) is 11.5 Å². The number of aromatic hydroxyl groups is 2. The third kappa shape index (κ3) is 2.31. The van der Waals surface area contributed by atoms with Crippen molar-refractivity contribution in [1.29, 1.82) is 0 Å². The van der Waals surface area contributed by atoms with E-state index in [1.165, 1.54) is 12.3 Å². The summed E-state index contributed by atoms with van der Waals surface area (Å²) in [6.45, 7) is 1.67. The Morgan fingerprint density at radius 1 is 1.14 bits per heavy atom. The molecule has 6 nitrogen and oxygen atoms in total. The third-order valence-corrected chi connectivity index (χ3v) is 3.27. The van der Waals surface area contributed by atoms with Crippen LogP contribution in [0.2, 0.25) is 0 Å². The summed E-state index contributed by atoms with van der Waals surface area (Å²) in [6.07, 6.45) is 1.31. The Kier molecular flexibility index (Phi) is 3.34. The quantitative estimate of drug-likeness (QED) is 0.559. The first-order valence-corrected chi connectivity index (χ1v) is 6.61. The number of rotatable bonds is 2. The van der Waals surface area contributed by atoms with Crippen molar-refractivity contribution in [2.45, 2.75) is 6.92 Å². The van der Waals surface area contributed by atoms with Crippen LogP contribution in [0.15, 0.2) is 52.4 Å². The van der Waals surface area contributed by atoms with Crippen LogP contribution in [0, 0.1) is 6.92 Å². The van der Waals surface area contributed by atoms with E-state index in [1.54, 1.807) is 37.3 Å². The zero-order chi connectivity index (χ0) is 15.7. The average Bonchev–Trinajstić information content (AvgIpc) is 2.51. The molecule has 0 radical (unpaired) electrons. The molecule has 0 aliphatic heterocycles. The van der Waals surface area contributed by atoms with Crippen LogP contribution in [0.5, 0.6) is 11.5 Å². The maximum Gasteiger partial charge on any atom is 0.282 e. The summed E-state index contributed by atoms with van der Waals surface area (Å²) in [5.41, 5.74) is 0.620. The lowest BCUT2D eigenvalue weighted by atomic mass is 10.2. The van der Waals surface area contributed by atoms with Crippen molar-refractivity contribution < 1.29 is 10.2 Å². The molecule has 3 rings (SSSR count). The van der Waals surface area contributed by atoms with Gasteiger partial charge in [-0.2, -0.15) is 9.78 Å². The predicted octanol–water partition coefficient (Wildman–Crippen LogP) is 2.00. The zero-order valence-electron chi connectivity index (χ0n) is 11.8. The lowest BCUT2D eigenvalue weighted by molar-refractivity contribution is 0.403. The van der Waals surface area contributed by atoms with E-state index in [4.69, 9.17) is 0 Å². The molecule has 0 spiro atoms. The zero-order valence-corrected chi connectivity index (χ0v) is 11.8. The van der Waals surface area contributed by atoms with Gasteiger partial charge in [-0.15, -0.1) is 0 Å². The third-order valence-electron chi connectivity index (χ3n) is 3.27. The number of hydrogen-bond donors (Lipinski definition) is 2. The van der Waals surface area contributed by atoms with Crippen molar-refractivity contribution in [3.63, 3.8) is 0 Å². The average molecular weight is 295 g/mol. The number of aromatic nitrogens is 2. The Morgan fingerprint density at radius 3 is 2.73 bits per heavy atom. The number of aryl methyl sites for hydroxylation is 1. The van der Waals surface area contributed by atoms with E-state index in [9.17, 15) is 15.0 Å². The van der Waals surface area contributed by atoms with E-state index < -0.39 is 0 Å². The van der Waals surface area contributed by atoms with Crippen molar-refractivity contribution in [2.75, 3.05) is 0 Å². The molecule has 0 aliphatic rings. The van der Waals surface area contributed by atoms with Gasteiger partial charge in [-0.1, -0.05) is 18.2 Å². The molecular weight excluding hydrogens is 282 g/mol. The molecule has 0 bridgehead atoms. The van der Waals surface area contributed by atoms with Crippen molar-refractivity contribution in [3.05, 3.63) is 64.2 Å². The number of phenolic OH excluding ortho intramolecular Hbond substituents is 2. The monoisotopic (exact) mass is 295 g/mol. The highest BCUT2D eigenvalue weighted by Crippen LogP contribution is 2.26. The van der Waals surface area contributed by atoms with Gasteiger partial charge < -0.3 is 10.2 Å². The molecule has 0 fully saturated rings. The topological polar surface area (TPSA) is 87.7 Å². The van der Waals surface area contributed by atoms with Gasteiger partial charge in [-0.25, -0.2) is 4.98 Å². The van der Waals surface area contributed by atoms with E-state index in [1.807, 2.05) is 6.07 Å². The van der Waals surface area contributed by atoms with E-state index in [2.05, 4.69) is 10.1 Å². The first-order chi connectivity index (χ1) is 10.6. The van der Waals surface area contributed by atoms with Crippen LogP contribution >= 0.6 is 0 Å². The molecule has 2 N–H and O–H groups in total. The van der Waals surface area contributed by atoms with Gasteiger partial charge in [0.25, 0.3) is 5.56 Å². The van der Waals surface area contributed by atoms with Crippen LogP contribution in [-0.2, 0) is 0 Å². The Morgan fingerprint density at radius 2 is 1.91 bits per heavy atom. The molecule has 3 aromatic rings. The van der Waals surface area contributed by atoms with Crippen LogP contribution in [0.1, 0.15) is 11.4 Å². The molecule has 1 heterocycles. The highest BCUT2D eigenvalue weighted by molar-refractivity contribution is 5.84. The standard InChI is InChI=1S/C16H13N3O3/c1-10-18-13-7-3-2-6-12(13)16(22)19(10)17-9-11-5-4-8-14(20)15(11)21/h2-9,20-21H,1H3. The minimum atomic E-state index is -0.293. The summed E-state index contributed by atoms with van der Waals surface area (Å²) in [4.78, 5) is 16.7. The van der Waals surface area contributed by atoms with Gasteiger partial charge in [0, 0.05) is 5.56 Å². The van der Waals surface area contributed by atoms with E-state index >= 15 is 0 Å². The van der Waals surface area contributed by atoms with Crippen molar-refractivity contribution >= 4 is 17.1 Å². The Balaban J connectivity index is 2.13. The second-order valence-corrected chi connectivity index (χ2v) is 4.75. The normalized spacial score (nSPS) is 11.3. The van der Waals surface area contributed by atoms with Crippen molar-refractivity contribution in [2.24, 2.45) is 5.10 Å². The first-order valence-electron chi connectivity index (χ1n) is 6.61. The lowest BCUT2D eigenvalue weighted by Gasteiger charge is -2.05. The SMILES string of the molecule is Cc1nc2ccccc2c(=O)n1N=Cc1cccc(O)c1O. The summed E-state index contributed by atoms with van der Waals surface area (Å²) in [5, 5.41) is 23.7. The molecule has 0 aliphatic carbocycles. The van der Waals surface area contributed by atoms with Gasteiger partial charge >= 0.3 is 0 Å². The Bertz CT molecular complexity index is 945. The van der Waals surface area contributed by atoms with Gasteiger partial charge in [0.1, 0.15) is 5.82 Å². The molecule has 0 atom stereocenters. The van der Waals surface area contributed by atoms with Crippen LogP contribution in [0.3, 0.4) is 0 Å². The van der Waals surface area contributed by atoms with Gasteiger partial charge in [-0.05, 0) is 31.2 Å². The number of nitrogens with zero attached hydrogens (tertiary/aromatic N) is 3. The lowest BCUT2D eigenvalue weighted by Crippen LogP contribution is -2.20. The van der Waals surface area contributed by atoms with Crippen LogP contribution < -0.4 is 5.56 Å². The first kappa shape index (κ1) is 13.8. The van der Waals surface area contributed by atoms with Crippen molar-refractivity contribution in [1.82, 2.24) is 9.66 Å². The maximum absolute atomic E-state index is 12.4. The molecule has 1 aromatic heterocycles. The summed E-state index contributed by atoms with van der Waals surface area (Å²) in [5.74, 6) is -0.102. The van der Waals surface area contributed by atoms with Gasteiger partial charge in [0.2, 0.25) is 0 Å². The maximum atomic E-state index is 12.4. The summed E-state index contributed by atoms with van der Waals surface area (Å²) in [6, 6.07) is 11.5. The summed E-state index contributed by atoms with van der Waals surface area (Å²) >= 11 is 0.